The molecule has 1 heterocycles. The molecule has 3 N–H and O–H groups in total. The summed E-state index contributed by atoms with van der Waals surface area (Å²) in [5.41, 5.74) is 4.27. The highest BCUT2D eigenvalue weighted by molar-refractivity contribution is 9.10. The molecule has 3 aromatic rings. The SMILES string of the molecule is COc1ccc(OC)c(-c2cc(C(=O)NN=Cc3cc(Br)ccc3O)[nH]n2)c1. The Labute approximate surface area is 169 Å². The van der Waals surface area contributed by atoms with Crippen molar-refractivity contribution in [3.8, 4) is 28.5 Å². The van der Waals surface area contributed by atoms with Gasteiger partial charge in [-0.3, -0.25) is 9.89 Å². The summed E-state index contributed by atoms with van der Waals surface area (Å²) in [6.07, 6.45) is 1.35. The number of carbonyl (C=O) groups is 1. The molecule has 0 spiro atoms. The van der Waals surface area contributed by atoms with E-state index in [-0.39, 0.29) is 11.4 Å². The number of benzene rings is 2. The number of hydrogen-bond donors (Lipinski definition) is 3. The summed E-state index contributed by atoms with van der Waals surface area (Å²) in [7, 11) is 3.12. The first kappa shape index (κ1) is 19.4. The summed E-state index contributed by atoms with van der Waals surface area (Å²) in [5, 5.41) is 20.5. The lowest BCUT2D eigenvalue weighted by molar-refractivity contribution is 0.0950. The van der Waals surface area contributed by atoms with Gasteiger partial charge >= 0.3 is 0 Å². The van der Waals surface area contributed by atoms with Crippen molar-refractivity contribution in [1.29, 1.82) is 0 Å². The molecule has 2 aromatic carbocycles. The van der Waals surface area contributed by atoms with E-state index in [0.717, 1.165) is 4.47 Å². The number of hydrazone groups is 1. The second-order valence-corrected chi connectivity index (χ2v) is 6.55. The number of methoxy groups -OCH3 is 2. The molecule has 3 rings (SSSR count). The summed E-state index contributed by atoms with van der Waals surface area (Å²) < 4.78 is 11.4. The number of carbonyl (C=O) groups excluding carboxylic acids is 1. The normalized spacial score (nSPS) is 10.8. The van der Waals surface area contributed by atoms with Crippen molar-refractivity contribution in [2.24, 2.45) is 5.10 Å². The fourth-order valence-corrected chi connectivity index (χ4v) is 2.82. The number of aromatic amines is 1. The number of aromatic nitrogens is 2. The standard InChI is InChI=1S/C19H17BrN4O4/c1-27-13-4-6-18(28-2)14(8-13)15-9-16(23-22-15)19(26)24-21-10-11-7-12(20)3-5-17(11)25/h3-10,25H,1-2H3,(H,22,23)(H,24,26). The van der Waals surface area contributed by atoms with Crippen LogP contribution in [0.4, 0.5) is 0 Å². The number of amides is 1. The van der Waals surface area contributed by atoms with Gasteiger partial charge in [-0.25, -0.2) is 5.43 Å². The number of aromatic hydroxyl groups is 1. The highest BCUT2D eigenvalue weighted by Gasteiger charge is 2.14. The van der Waals surface area contributed by atoms with Gasteiger partial charge in [0, 0.05) is 15.6 Å². The van der Waals surface area contributed by atoms with Crippen LogP contribution in [-0.4, -0.2) is 41.6 Å². The van der Waals surface area contributed by atoms with E-state index < -0.39 is 5.91 Å². The average molecular weight is 445 g/mol. The first-order valence-corrected chi connectivity index (χ1v) is 8.91. The van der Waals surface area contributed by atoms with Crippen molar-refractivity contribution in [3.05, 3.63) is 58.2 Å². The van der Waals surface area contributed by atoms with Gasteiger partial charge in [-0.2, -0.15) is 10.2 Å². The zero-order valence-electron chi connectivity index (χ0n) is 15.1. The van der Waals surface area contributed by atoms with Crippen molar-refractivity contribution >= 4 is 28.1 Å². The number of halogens is 1. The van der Waals surface area contributed by atoms with E-state index in [1.165, 1.54) is 12.3 Å². The fourth-order valence-electron chi connectivity index (χ4n) is 2.44. The summed E-state index contributed by atoms with van der Waals surface area (Å²) in [5.74, 6) is 0.812. The molecule has 0 aliphatic heterocycles. The van der Waals surface area contributed by atoms with Crippen LogP contribution in [-0.2, 0) is 0 Å². The van der Waals surface area contributed by atoms with Gasteiger partial charge < -0.3 is 14.6 Å². The molecule has 0 unspecified atom stereocenters. The maximum Gasteiger partial charge on any atom is 0.289 e. The predicted molar refractivity (Wildman–Crippen MR) is 108 cm³/mol. The molecular weight excluding hydrogens is 428 g/mol. The molecule has 0 aliphatic carbocycles. The largest absolute Gasteiger partial charge is 0.507 e. The third kappa shape index (κ3) is 4.32. The predicted octanol–water partition coefficient (Wildman–Crippen LogP) is 3.33. The molecular formula is C19H17BrN4O4. The zero-order chi connectivity index (χ0) is 20.1. The molecule has 0 saturated carbocycles. The van der Waals surface area contributed by atoms with Crippen LogP contribution in [0.2, 0.25) is 0 Å². The van der Waals surface area contributed by atoms with E-state index in [2.05, 4.69) is 36.7 Å². The minimum Gasteiger partial charge on any atom is -0.507 e. The lowest BCUT2D eigenvalue weighted by Crippen LogP contribution is -2.18. The zero-order valence-corrected chi connectivity index (χ0v) is 16.6. The topological polar surface area (TPSA) is 109 Å². The van der Waals surface area contributed by atoms with Crippen molar-refractivity contribution in [2.75, 3.05) is 14.2 Å². The molecule has 1 aromatic heterocycles. The van der Waals surface area contributed by atoms with Crippen LogP contribution in [0, 0.1) is 0 Å². The Balaban J connectivity index is 1.76. The van der Waals surface area contributed by atoms with Crippen molar-refractivity contribution in [2.45, 2.75) is 0 Å². The molecule has 0 bridgehead atoms. The van der Waals surface area contributed by atoms with Gasteiger partial charge in [-0.15, -0.1) is 0 Å². The molecule has 0 fully saturated rings. The fraction of sp³-hybridized carbons (Fsp3) is 0.105. The van der Waals surface area contributed by atoms with E-state index in [1.54, 1.807) is 50.6 Å². The number of hydrogen-bond acceptors (Lipinski definition) is 6. The third-order valence-corrected chi connectivity index (χ3v) is 4.36. The minimum atomic E-state index is -0.480. The van der Waals surface area contributed by atoms with Crippen LogP contribution < -0.4 is 14.9 Å². The maximum absolute atomic E-state index is 12.3. The summed E-state index contributed by atoms with van der Waals surface area (Å²) in [6.45, 7) is 0. The Hall–Kier alpha value is -3.33. The Morgan fingerprint density at radius 1 is 1.21 bits per heavy atom. The Bertz CT molecular complexity index is 1030. The van der Waals surface area contributed by atoms with Crippen LogP contribution in [0.15, 0.2) is 52.0 Å². The maximum atomic E-state index is 12.3. The summed E-state index contributed by atoms with van der Waals surface area (Å²) in [4.78, 5) is 12.3. The van der Waals surface area contributed by atoms with Crippen LogP contribution in [0.5, 0.6) is 17.2 Å². The Kier molecular flexibility index (Phi) is 5.95. The first-order valence-electron chi connectivity index (χ1n) is 8.11. The number of phenols is 1. The van der Waals surface area contributed by atoms with Crippen molar-refractivity contribution < 1.29 is 19.4 Å². The molecule has 9 heteroatoms. The summed E-state index contributed by atoms with van der Waals surface area (Å²) in [6, 6.07) is 11.8. The second-order valence-electron chi connectivity index (χ2n) is 5.64. The molecule has 8 nitrogen and oxygen atoms in total. The van der Waals surface area contributed by atoms with Crippen molar-refractivity contribution in [1.82, 2.24) is 15.6 Å². The van der Waals surface area contributed by atoms with E-state index in [9.17, 15) is 9.90 Å². The molecule has 0 aliphatic rings. The average Bonchev–Trinajstić information content (AvgIpc) is 3.20. The number of rotatable bonds is 6. The van der Waals surface area contributed by atoms with Gasteiger partial charge in [-0.05, 0) is 42.5 Å². The van der Waals surface area contributed by atoms with E-state index in [0.29, 0.717) is 28.3 Å². The first-order chi connectivity index (χ1) is 13.5. The smallest absolute Gasteiger partial charge is 0.289 e. The van der Waals surface area contributed by atoms with Gasteiger partial charge in [0.1, 0.15) is 22.9 Å². The van der Waals surface area contributed by atoms with Crippen LogP contribution >= 0.6 is 15.9 Å². The van der Waals surface area contributed by atoms with Gasteiger partial charge in [0.05, 0.1) is 26.1 Å². The number of ether oxygens (including phenoxy) is 2. The van der Waals surface area contributed by atoms with Gasteiger partial charge in [0.15, 0.2) is 0 Å². The van der Waals surface area contributed by atoms with E-state index >= 15 is 0 Å². The van der Waals surface area contributed by atoms with Crippen LogP contribution in [0.3, 0.4) is 0 Å². The minimum absolute atomic E-state index is 0.0511. The number of phenolic OH excluding ortho intramolecular Hbond substituents is 1. The molecule has 0 saturated heterocycles. The van der Waals surface area contributed by atoms with Crippen molar-refractivity contribution in [3.63, 3.8) is 0 Å². The number of H-pyrrole nitrogens is 1. The lowest BCUT2D eigenvalue weighted by Gasteiger charge is -2.08. The number of nitrogens with zero attached hydrogens (tertiary/aromatic N) is 2. The Morgan fingerprint density at radius 3 is 2.79 bits per heavy atom. The molecule has 28 heavy (non-hydrogen) atoms. The van der Waals surface area contributed by atoms with E-state index in [1.807, 2.05) is 0 Å². The van der Waals surface area contributed by atoms with Crippen LogP contribution in [0.1, 0.15) is 16.1 Å². The molecule has 0 atom stereocenters. The lowest BCUT2D eigenvalue weighted by atomic mass is 10.1. The highest BCUT2D eigenvalue weighted by Crippen LogP contribution is 2.32. The molecule has 0 radical (unpaired) electrons. The van der Waals surface area contributed by atoms with Crippen LogP contribution in [0.25, 0.3) is 11.3 Å². The Morgan fingerprint density at radius 2 is 2.04 bits per heavy atom. The molecule has 1 amide bonds. The van der Waals surface area contributed by atoms with Gasteiger partial charge in [0.2, 0.25) is 0 Å². The van der Waals surface area contributed by atoms with E-state index in [4.69, 9.17) is 9.47 Å². The highest BCUT2D eigenvalue weighted by atomic mass is 79.9. The second kappa shape index (κ2) is 8.57. The third-order valence-electron chi connectivity index (χ3n) is 3.86. The monoisotopic (exact) mass is 444 g/mol. The van der Waals surface area contributed by atoms with Gasteiger partial charge in [-0.1, -0.05) is 15.9 Å². The number of nitrogens with one attached hydrogen (secondary N) is 2. The summed E-state index contributed by atoms with van der Waals surface area (Å²) >= 11 is 3.31. The van der Waals surface area contributed by atoms with Gasteiger partial charge in [0.25, 0.3) is 5.91 Å². The molecule has 144 valence electrons. The quantitative estimate of drug-likeness (QED) is 0.399.